The van der Waals surface area contributed by atoms with Gasteiger partial charge < -0.3 is 10.4 Å². The maximum absolute atomic E-state index is 11.8. The Labute approximate surface area is 126 Å². The summed E-state index contributed by atoms with van der Waals surface area (Å²) in [6, 6.07) is 10.9. The van der Waals surface area contributed by atoms with Gasteiger partial charge in [0.1, 0.15) is 11.4 Å². The first-order valence-electron chi connectivity index (χ1n) is 6.49. The molecule has 0 unspecified atom stereocenters. The molecule has 6 heteroatoms. The van der Waals surface area contributed by atoms with Crippen LogP contribution in [0.5, 0.6) is 5.75 Å². The van der Waals surface area contributed by atoms with Crippen molar-refractivity contribution in [3.05, 3.63) is 69.8 Å². The predicted molar refractivity (Wildman–Crippen MR) is 83.6 cm³/mol. The molecule has 22 heavy (non-hydrogen) atoms. The van der Waals surface area contributed by atoms with Gasteiger partial charge in [-0.2, -0.15) is 0 Å². The second-order valence-corrected chi connectivity index (χ2v) is 4.69. The summed E-state index contributed by atoms with van der Waals surface area (Å²) in [5.41, 5.74) is 1.47. The maximum Gasteiger partial charge on any atom is 0.293 e. The van der Waals surface area contributed by atoms with Crippen LogP contribution in [0.15, 0.2) is 48.5 Å². The fraction of sp³-hybridized carbons (Fsp3) is 0.0625. The second-order valence-electron chi connectivity index (χ2n) is 4.69. The third kappa shape index (κ3) is 3.92. The molecule has 0 aliphatic rings. The fourth-order valence-electron chi connectivity index (χ4n) is 1.83. The average molecular weight is 298 g/mol. The number of phenols is 1. The molecular formula is C16H14N2O4. The molecule has 0 atom stereocenters. The van der Waals surface area contributed by atoms with E-state index >= 15 is 0 Å². The summed E-state index contributed by atoms with van der Waals surface area (Å²) in [6.45, 7) is 1.74. The summed E-state index contributed by atoms with van der Waals surface area (Å²) >= 11 is 0. The third-order valence-corrected chi connectivity index (χ3v) is 2.93. The Morgan fingerprint density at radius 3 is 2.55 bits per heavy atom. The highest BCUT2D eigenvalue weighted by molar-refractivity contribution is 6.03. The van der Waals surface area contributed by atoms with E-state index in [1.165, 1.54) is 30.3 Å². The van der Waals surface area contributed by atoms with Crippen LogP contribution in [0.2, 0.25) is 0 Å². The lowest BCUT2D eigenvalue weighted by atomic mass is 10.2. The number of rotatable bonds is 4. The van der Waals surface area contributed by atoms with Gasteiger partial charge >= 0.3 is 0 Å². The fourth-order valence-corrected chi connectivity index (χ4v) is 1.83. The molecule has 0 aliphatic carbocycles. The first-order chi connectivity index (χ1) is 10.5. The number of carbonyl (C=O) groups is 1. The zero-order valence-electron chi connectivity index (χ0n) is 11.8. The van der Waals surface area contributed by atoms with Gasteiger partial charge in [-0.3, -0.25) is 14.9 Å². The average Bonchev–Trinajstić information content (AvgIpc) is 2.48. The number of hydrogen-bond acceptors (Lipinski definition) is 4. The number of nitro groups is 1. The summed E-state index contributed by atoms with van der Waals surface area (Å²) < 4.78 is 0. The Morgan fingerprint density at radius 1 is 1.23 bits per heavy atom. The van der Waals surface area contributed by atoms with Crippen LogP contribution in [0.4, 0.5) is 11.4 Å². The van der Waals surface area contributed by atoms with E-state index in [0.717, 1.165) is 11.1 Å². The molecule has 0 bridgehead atoms. The molecule has 2 N–H and O–H groups in total. The van der Waals surface area contributed by atoms with E-state index in [9.17, 15) is 14.9 Å². The van der Waals surface area contributed by atoms with Gasteiger partial charge in [-0.1, -0.05) is 18.2 Å². The Morgan fingerprint density at radius 2 is 1.91 bits per heavy atom. The number of nitrogens with one attached hydrogen (secondary N) is 1. The standard InChI is InChI=1S/C16H14N2O4/c1-11-2-8-14(15(10-11)18(21)22)17-16(20)9-5-12-3-6-13(19)7-4-12/h2-10,19H,1H3,(H,17,20)/b9-5+. The number of amides is 1. The molecule has 2 rings (SSSR count). The highest BCUT2D eigenvalue weighted by atomic mass is 16.6. The number of anilines is 1. The van der Waals surface area contributed by atoms with Gasteiger partial charge in [-0.25, -0.2) is 0 Å². The minimum atomic E-state index is -0.535. The molecule has 0 fully saturated rings. The number of hydrogen-bond donors (Lipinski definition) is 2. The van der Waals surface area contributed by atoms with Crippen LogP contribution in [0.3, 0.4) is 0 Å². The zero-order chi connectivity index (χ0) is 16.1. The summed E-state index contributed by atoms with van der Waals surface area (Å²) in [4.78, 5) is 22.3. The van der Waals surface area contributed by atoms with Gasteiger partial charge in [-0.15, -0.1) is 0 Å². The van der Waals surface area contributed by atoms with Crippen molar-refractivity contribution >= 4 is 23.4 Å². The summed E-state index contributed by atoms with van der Waals surface area (Å²) in [6.07, 6.45) is 2.82. The topological polar surface area (TPSA) is 92.5 Å². The molecule has 0 saturated heterocycles. The van der Waals surface area contributed by atoms with Gasteiger partial charge in [0, 0.05) is 12.1 Å². The first kappa shape index (κ1) is 15.2. The van der Waals surface area contributed by atoms with Crippen LogP contribution in [0.1, 0.15) is 11.1 Å². The second kappa shape index (κ2) is 6.53. The van der Waals surface area contributed by atoms with E-state index in [0.29, 0.717) is 0 Å². The number of nitrogens with zero attached hydrogens (tertiary/aromatic N) is 1. The van der Waals surface area contributed by atoms with Crippen LogP contribution < -0.4 is 5.32 Å². The van der Waals surface area contributed by atoms with Gasteiger partial charge in [-0.05, 0) is 42.3 Å². The molecule has 0 aliphatic heterocycles. The van der Waals surface area contributed by atoms with E-state index in [4.69, 9.17) is 5.11 Å². The van der Waals surface area contributed by atoms with Crippen molar-refractivity contribution in [2.24, 2.45) is 0 Å². The van der Waals surface area contributed by atoms with E-state index in [1.807, 2.05) is 0 Å². The van der Waals surface area contributed by atoms with Gasteiger partial charge in [0.25, 0.3) is 5.69 Å². The highest BCUT2D eigenvalue weighted by Gasteiger charge is 2.14. The number of phenolic OH excluding ortho intramolecular Hbond substituents is 1. The molecular weight excluding hydrogens is 284 g/mol. The Kier molecular flexibility index (Phi) is 4.53. The lowest BCUT2D eigenvalue weighted by molar-refractivity contribution is -0.384. The molecule has 6 nitrogen and oxygen atoms in total. The van der Waals surface area contributed by atoms with E-state index in [-0.39, 0.29) is 17.1 Å². The number of aromatic hydroxyl groups is 1. The molecule has 0 aromatic heterocycles. The van der Waals surface area contributed by atoms with Crippen LogP contribution in [0.25, 0.3) is 6.08 Å². The first-order valence-corrected chi connectivity index (χ1v) is 6.49. The molecule has 1 amide bonds. The van der Waals surface area contributed by atoms with Crippen molar-refractivity contribution < 1.29 is 14.8 Å². The SMILES string of the molecule is Cc1ccc(NC(=O)/C=C/c2ccc(O)cc2)c([N+](=O)[O-])c1. The zero-order valence-corrected chi connectivity index (χ0v) is 11.8. The van der Waals surface area contributed by atoms with Crippen molar-refractivity contribution in [1.82, 2.24) is 0 Å². The minimum Gasteiger partial charge on any atom is -0.508 e. The molecule has 2 aromatic carbocycles. The van der Waals surface area contributed by atoms with Crippen molar-refractivity contribution in [2.75, 3.05) is 5.32 Å². The van der Waals surface area contributed by atoms with Crippen LogP contribution >= 0.6 is 0 Å². The Bertz CT molecular complexity index is 736. The lowest BCUT2D eigenvalue weighted by Gasteiger charge is -2.04. The predicted octanol–water partition coefficient (Wildman–Crippen LogP) is 3.26. The van der Waals surface area contributed by atoms with Crippen LogP contribution in [-0.4, -0.2) is 15.9 Å². The summed E-state index contributed by atoms with van der Waals surface area (Å²) in [5.74, 6) is -0.336. The number of aryl methyl sites for hydroxylation is 1. The quantitative estimate of drug-likeness (QED) is 0.514. The number of carbonyl (C=O) groups excluding carboxylic acids is 1. The maximum atomic E-state index is 11.8. The normalized spacial score (nSPS) is 10.6. The van der Waals surface area contributed by atoms with Crippen molar-refractivity contribution in [1.29, 1.82) is 0 Å². The molecule has 0 heterocycles. The number of benzene rings is 2. The van der Waals surface area contributed by atoms with E-state index in [2.05, 4.69) is 5.32 Å². The highest BCUT2D eigenvalue weighted by Crippen LogP contribution is 2.25. The molecule has 0 spiro atoms. The smallest absolute Gasteiger partial charge is 0.293 e. The van der Waals surface area contributed by atoms with E-state index in [1.54, 1.807) is 31.2 Å². The number of nitro benzene ring substituents is 1. The monoisotopic (exact) mass is 298 g/mol. The van der Waals surface area contributed by atoms with E-state index < -0.39 is 10.8 Å². The van der Waals surface area contributed by atoms with Gasteiger partial charge in [0.15, 0.2) is 0 Å². The summed E-state index contributed by atoms with van der Waals surface area (Å²) in [7, 11) is 0. The Hall–Kier alpha value is -3.15. The van der Waals surface area contributed by atoms with Gasteiger partial charge in [0.05, 0.1) is 4.92 Å². The molecule has 0 radical (unpaired) electrons. The minimum absolute atomic E-state index is 0.136. The van der Waals surface area contributed by atoms with Crippen LogP contribution in [-0.2, 0) is 4.79 Å². The lowest BCUT2D eigenvalue weighted by Crippen LogP contribution is -2.09. The third-order valence-electron chi connectivity index (χ3n) is 2.93. The Balaban J connectivity index is 2.12. The van der Waals surface area contributed by atoms with Crippen LogP contribution in [0, 0.1) is 17.0 Å². The summed E-state index contributed by atoms with van der Waals surface area (Å²) in [5, 5.41) is 22.6. The molecule has 2 aromatic rings. The molecule has 112 valence electrons. The largest absolute Gasteiger partial charge is 0.508 e. The van der Waals surface area contributed by atoms with Crippen molar-refractivity contribution in [2.45, 2.75) is 6.92 Å². The molecule has 0 saturated carbocycles. The van der Waals surface area contributed by atoms with Crippen molar-refractivity contribution in [3.8, 4) is 5.75 Å². The van der Waals surface area contributed by atoms with Gasteiger partial charge in [0.2, 0.25) is 5.91 Å². The van der Waals surface area contributed by atoms with Crippen molar-refractivity contribution in [3.63, 3.8) is 0 Å².